The standard InChI is InChI=1S/C18H22N2O2/c1-11-3-6-16-14(9-11)15(10-17(20-16)13-4-5-13)18(22)19-12(2)7-8-21/h3,6,9-10,12-13,21H,4-5,7-8H2,1-2H3,(H,19,22). The van der Waals surface area contributed by atoms with E-state index >= 15 is 0 Å². The summed E-state index contributed by atoms with van der Waals surface area (Å²) < 4.78 is 0. The number of carbonyl (C=O) groups excluding carboxylic acids is 1. The molecule has 4 nitrogen and oxygen atoms in total. The van der Waals surface area contributed by atoms with Gasteiger partial charge in [-0.05, 0) is 51.3 Å². The van der Waals surface area contributed by atoms with Crippen molar-refractivity contribution >= 4 is 16.8 Å². The van der Waals surface area contributed by atoms with Crippen molar-refractivity contribution in [1.29, 1.82) is 0 Å². The average Bonchev–Trinajstić information content (AvgIpc) is 3.31. The summed E-state index contributed by atoms with van der Waals surface area (Å²) in [5, 5.41) is 12.9. The Morgan fingerprint density at radius 3 is 2.86 bits per heavy atom. The highest BCUT2D eigenvalue weighted by molar-refractivity contribution is 6.06. The fraction of sp³-hybridized carbons (Fsp3) is 0.444. The van der Waals surface area contributed by atoms with Gasteiger partial charge in [0.25, 0.3) is 5.91 Å². The molecule has 1 heterocycles. The first-order chi connectivity index (χ1) is 10.6. The van der Waals surface area contributed by atoms with Gasteiger partial charge in [0.1, 0.15) is 0 Å². The van der Waals surface area contributed by atoms with Crippen LogP contribution in [0.4, 0.5) is 0 Å². The maximum absolute atomic E-state index is 12.6. The number of benzene rings is 1. The Bertz CT molecular complexity index is 708. The van der Waals surface area contributed by atoms with Crippen molar-refractivity contribution in [2.75, 3.05) is 6.61 Å². The van der Waals surface area contributed by atoms with Gasteiger partial charge in [-0.25, -0.2) is 0 Å². The van der Waals surface area contributed by atoms with E-state index < -0.39 is 0 Å². The second-order valence-electron chi connectivity index (χ2n) is 6.28. The lowest BCUT2D eigenvalue weighted by Crippen LogP contribution is -2.33. The van der Waals surface area contributed by atoms with Gasteiger partial charge in [0, 0.05) is 29.6 Å². The fourth-order valence-corrected chi connectivity index (χ4v) is 2.70. The number of rotatable bonds is 5. The molecular formula is C18H22N2O2. The Hall–Kier alpha value is -1.94. The summed E-state index contributed by atoms with van der Waals surface area (Å²) in [6, 6.07) is 7.94. The molecular weight excluding hydrogens is 276 g/mol. The van der Waals surface area contributed by atoms with E-state index in [1.165, 1.54) is 0 Å². The summed E-state index contributed by atoms with van der Waals surface area (Å²) in [7, 11) is 0. The Balaban J connectivity index is 2.01. The Morgan fingerprint density at radius 1 is 1.41 bits per heavy atom. The number of fused-ring (bicyclic) bond motifs is 1. The van der Waals surface area contributed by atoms with Gasteiger partial charge in [-0.1, -0.05) is 11.6 Å². The first kappa shape index (κ1) is 15.0. The van der Waals surface area contributed by atoms with Crippen molar-refractivity contribution in [3.8, 4) is 0 Å². The molecule has 0 aliphatic heterocycles. The fourth-order valence-electron chi connectivity index (χ4n) is 2.70. The second-order valence-corrected chi connectivity index (χ2v) is 6.28. The van der Waals surface area contributed by atoms with Crippen LogP contribution in [0.15, 0.2) is 24.3 Å². The SMILES string of the molecule is Cc1ccc2nc(C3CC3)cc(C(=O)NC(C)CCO)c2c1. The van der Waals surface area contributed by atoms with Crippen LogP contribution in [0.25, 0.3) is 10.9 Å². The Morgan fingerprint density at radius 2 is 2.18 bits per heavy atom. The molecule has 3 rings (SSSR count). The number of aliphatic hydroxyl groups excluding tert-OH is 1. The van der Waals surface area contributed by atoms with E-state index in [0.29, 0.717) is 17.9 Å². The molecule has 116 valence electrons. The van der Waals surface area contributed by atoms with Crippen LogP contribution in [0.5, 0.6) is 0 Å². The van der Waals surface area contributed by atoms with Crippen LogP contribution in [-0.2, 0) is 0 Å². The molecule has 0 bridgehead atoms. The minimum Gasteiger partial charge on any atom is -0.396 e. The van der Waals surface area contributed by atoms with Crippen LogP contribution in [0.1, 0.15) is 53.7 Å². The lowest BCUT2D eigenvalue weighted by atomic mass is 10.0. The van der Waals surface area contributed by atoms with Gasteiger partial charge in [-0.15, -0.1) is 0 Å². The molecule has 2 aromatic rings. The Kier molecular flexibility index (Phi) is 4.12. The topological polar surface area (TPSA) is 62.2 Å². The van der Waals surface area contributed by atoms with Gasteiger partial charge in [0.2, 0.25) is 0 Å². The average molecular weight is 298 g/mol. The van der Waals surface area contributed by atoms with Gasteiger partial charge in [-0.2, -0.15) is 0 Å². The highest BCUT2D eigenvalue weighted by atomic mass is 16.3. The molecule has 1 atom stereocenters. The third-order valence-corrected chi connectivity index (χ3v) is 4.16. The molecule has 1 fully saturated rings. The van der Waals surface area contributed by atoms with Crippen LogP contribution in [0, 0.1) is 6.92 Å². The molecule has 1 aliphatic rings. The molecule has 0 spiro atoms. The highest BCUT2D eigenvalue weighted by Crippen LogP contribution is 2.40. The normalized spacial score (nSPS) is 15.8. The van der Waals surface area contributed by atoms with Crippen LogP contribution in [0.3, 0.4) is 0 Å². The molecule has 1 aromatic heterocycles. The van der Waals surface area contributed by atoms with Crippen molar-refractivity contribution in [1.82, 2.24) is 10.3 Å². The van der Waals surface area contributed by atoms with Crippen LogP contribution >= 0.6 is 0 Å². The molecule has 1 unspecified atom stereocenters. The number of hydrogen-bond acceptors (Lipinski definition) is 3. The van der Waals surface area contributed by atoms with E-state index in [0.717, 1.165) is 35.0 Å². The van der Waals surface area contributed by atoms with Crippen molar-refractivity contribution in [2.24, 2.45) is 0 Å². The van der Waals surface area contributed by atoms with E-state index in [-0.39, 0.29) is 18.6 Å². The van der Waals surface area contributed by atoms with Gasteiger partial charge in [0.15, 0.2) is 0 Å². The van der Waals surface area contributed by atoms with Crippen molar-refractivity contribution in [3.05, 3.63) is 41.1 Å². The number of aliphatic hydroxyl groups is 1. The molecule has 1 aliphatic carbocycles. The number of pyridine rings is 1. The molecule has 0 saturated heterocycles. The van der Waals surface area contributed by atoms with Crippen LogP contribution in [-0.4, -0.2) is 28.6 Å². The molecule has 2 N–H and O–H groups in total. The number of hydrogen-bond donors (Lipinski definition) is 2. The summed E-state index contributed by atoms with van der Waals surface area (Å²) in [4.78, 5) is 17.3. The first-order valence-electron chi connectivity index (χ1n) is 7.91. The predicted molar refractivity (Wildman–Crippen MR) is 87.1 cm³/mol. The van der Waals surface area contributed by atoms with Gasteiger partial charge >= 0.3 is 0 Å². The first-order valence-corrected chi connectivity index (χ1v) is 7.91. The van der Waals surface area contributed by atoms with Gasteiger partial charge in [0.05, 0.1) is 11.1 Å². The van der Waals surface area contributed by atoms with E-state index in [9.17, 15) is 4.79 Å². The molecule has 4 heteroatoms. The zero-order valence-corrected chi connectivity index (χ0v) is 13.1. The minimum atomic E-state index is -0.0825. The summed E-state index contributed by atoms with van der Waals surface area (Å²) in [6.45, 7) is 4.00. The quantitative estimate of drug-likeness (QED) is 0.892. The molecule has 1 saturated carbocycles. The van der Waals surface area contributed by atoms with E-state index in [2.05, 4.69) is 5.32 Å². The smallest absolute Gasteiger partial charge is 0.252 e. The van der Waals surface area contributed by atoms with E-state index in [4.69, 9.17) is 10.1 Å². The van der Waals surface area contributed by atoms with Gasteiger partial charge < -0.3 is 10.4 Å². The summed E-state index contributed by atoms with van der Waals surface area (Å²) in [6.07, 6.45) is 2.88. The number of aryl methyl sites for hydroxylation is 1. The molecule has 1 amide bonds. The summed E-state index contributed by atoms with van der Waals surface area (Å²) in [5.74, 6) is 0.424. The van der Waals surface area contributed by atoms with E-state index in [1.807, 2.05) is 38.1 Å². The zero-order valence-electron chi connectivity index (χ0n) is 13.1. The third-order valence-electron chi connectivity index (χ3n) is 4.16. The number of nitrogens with zero attached hydrogens (tertiary/aromatic N) is 1. The molecule has 22 heavy (non-hydrogen) atoms. The third kappa shape index (κ3) is 3.12. The van der Waals surface area contributed by atoms with Crippen molar-refractivity contribution in [2.45, 2.75) is 45.1 Å². The largest absolute Gasteiger partial charge is 0.396 e. The summed E-state index contributed by atoms with van der Waals surface area (Å²) >= 11 is 0. The maximum Gasteiger partial charge on any atom is 0.252 e. The Labute approximate surface area is 130 Å². The maximum atomic E-state index is 12.6. The molecule has 0 radical (unpaired) electrons. The lowest BCUT2D eigenvalue weighted by molar-refractivity contribution is 0.0936. The van der Waals surface area contributed by atoms with Crippen molar-refractivity contribution in [3.63, 3.8) is 0 Å². The van der Waals surface area contributed by atoms with Crippen molar-refractivity contribution < 1.29 is 9.90 Å². The number of amides is 1. The predicted octanol–water partition coefficient (Wildman–Crippen LogP) is 2.92. The second kappa shape index (κ2) is 6.05. The molecule has 1 aromatic carbocycles. The lowest BCUT2D eigenvalue weighted by Gasteiger charge is -2.15. The van der Waals surface area contributed by atoms with Crippen LogP contribution in [0.2, 0.25) is 0 Å². The number of aromatic nitrogens is 1. The number of nitrogens with one attached hydrogen (secondary N) is 1. The summed E-state index contributed by atoms with van der Waals surface area (Å²) in [5.41, 5.74) is 3.72. The highest BCUT2D eigenvalue weighted by Gasteiger charge is 2.27. The van der Waals surface area contributed by atoms with E-state index in [1.54, 1.807) is 0 Å². The zero-order chi connectivity index (χ0) is 15.7. The van der Waals surface area contributed by atoms with Gasteiger partial charge in [-0.3, -0.25) is 9.78 Å². The minimum absolute atomic E-state index is 0.0464. The monoisotopic (exact) mass is 298 g/mol. The van der Waals surface area contributed by atoms with Crippen LogP contribution < -0.4 is 5.32 Å². The number of carbonyl (C=O) groups is 1.